The van der Waals surface area contributed by atoms with Gasteiger partial charge < -0.3 is 4.74 Å². The highest BCUT2D eigenvalue weighted by atomic mass is 16.5. The Morgan fingerprint density at radius 3 is 2.72 bits per heavy atom. The highest BCUT2D eigenvalue weighted by Crippen LogP contribution is 2.18. The third-order valence-electron chi connectivity index (χ3n) is 3.42. The van der Waals surface area contributed by atoms with Gasteiger partial charge in [0, 0.05) is 6.54 Å². The van der Waals surface area contributed by atoms with Crippen LogP contribution in [0, 0.1) is 18.3 Å². The number of hydrogen-bond acceptors (Lipinski definition) is 3. The molecule has 0 N–H and O–H groups in total. The number of piperidine rings is 1. The van der Waals surface area contributed by atoms with E-state index in [0.717, 1.165) is 24.5 Å². The Labute approximate surface area is 109 Å². The highest BCUT2D eigenvalue weighted by Gasteiger charge is 2.09. The van der Waals surface area contributed by atoms with E-state index < -0.39 is 0 Å². The maximum Gasteiger partial charge on any atom is 0.122 e. The van der Waals surface area contributed by atoms with Crippen molar-refractivity contribution in [2.45, 2.75) is 26.2 Å². The molecule has 1 aromatic rings. The Morgan fingerprint density at radius 2 is 2.06 bits per heavy atom. The number of rotatable bonds is 4. The van der Waals surface area contributed by atoms with Crippen LogP contribution in [-0.2, 0) is 0 Å². The van der Waals surface area contributed by atoms with Gasteiger partial charge in [-0.1, -0.05) is 6.42 Å². The predicted octanol–water partition coefficient (Wildman–Crippen LogP) is 2.73. The van der Waals surface area contributed by atoms with Gasteiger partial charge in [-0.3, -0.25) is 4.90 Å². The summed E-state index contributed by atoms with van der Waals surface area (Å²) in [4.78, 5) is 2.46. The molecule has 0 spiro atoms. The van der Waals surface area contributed by atoms with Crippen molar-refractivity contribution < 1.29 is 4.74 Å². The standard InChI is InChI=1S/C15H20N2O/c1-13-11-14(12-16)5-6-15(13)18-10-9-17-7-3-2-4-8-17/h5-6,11H,2-4,7-10H2,1H3. The molecule has 1 heterocycles. The minimum atomic E-state index is 0.691. The van der Waals surface area contributed by atoms with Crippen LogP contribution in [0.1, 0.15) is 30.4 Å². The molecule has 1 aromatic carbocycles. The van der Waals surface area contributed by atoms with Crippen LogP contribution in [0.4, 0.5) is 0 Å². The zero-order chi connectivity index (χ0) is 12.8. The number of ether oxygens (including phenoxy) is 1. The maximum absolute atomic E-state index is 8.80. The van der Waals surface area contributed by atoms with Crippen molar-refractivity contribution in [2.24, 2.45) is 0 Å². The van der Waals surface area contributed by atoms with Gasteiger partial charge in [0.2, 0.25) is 0 Å². The molecule has 3 nitrogen and oxygen atoms in total. The number of aryl methyl sites for hydroxylation is 1. The van der Waals surface area contributed by atoms with Crippen molar-refractivity contribution in [3.8, 4) is 11.8 Å². The summed E-state index contributed by atoms with van der Waals surface area (Å²) >= 11 is 0. The van der Waals surface area contributed by atoms with Crippen LogP contribution in [-0.4, -0.2) is 31.1 Å². The van der Waals surface area contributed by atoms with Gasteiger partial charge in [-0.25, -0.2) is 0 Å². The number of benzene rings is 1. The summed E-state index contributed by atoms with van der Waals surface area (Å²) in [5, 5.41) is 8.80. The second kappa shape index (κ2) is 6.42. The van der Waals surface area contributed by atoms with Gasteiger partial charge in [0.1, 0.15) is 12.4 Å². The normalized spacial score (nSPS) is 16.2. The molecule has 0 amide bonds. The first-order chi connectivity index (χ1) is 8.79. The van der Waals surface area contributed by atoms with Crippen LogP contribution in [0.5, 0.6) is 5.75 Å². The van der Waals surface area contributed by atoms with Crippen molar-refractivity contribution in [1.82, 2.24) is 4.90 Å². The predicted molar refractivity (Wildman–Crippen MR) is 71.7 cm³/mol. The quantitative estimate of drug-likeness (QED) is 0.817. The molecule has 18 heavy (non-hydrogen) atoms. The first-order valence-corrected chi connectivity index (χ1v) is 6.65. The zero-order valence-corrected chi connectivity index (χ0v) is 11.0. The Balaban J connectivity index is 1.81. The molecule has 1 aliphatic rings. The molecule has 1 fully saturated rings. The molecule has 0 unspecified atom stereocenters. The fraction of sp³-hybridized carbons (Fsp3) is 0.533. The second-order valence-corrected chi connectivity index (χ2v) is 4.84. The minimum Gasteiger partial charge on any atom is -0.492 e. The molecular formula is C15H20N2O. The molecule has 0 aliphatic carbocycles. The third kappa shape index (κ3) is 3.48. The molecule has 1 saturated heterocycles. The molecule has 1 aliphatic heterocycles. The van der Waals surface area contributed by atoms with Crippen molar-refractivity contribution >= 4 is 0 Å². The lowest BCUT2D eigenvalue weighted by Gasteiger charge is -2.26. The van der Waals surface area contributed by atoms with Gasteiger partial charge in [-0.15, -0.1) is 0 Å². The van der Waals surface area contributed by atoms with E-state index in [9.17, 15) is 0 Å². The summed E-state index contributed by atoms with van der Waals surface area (Å²) in [5.74, 6) is 0.894. The van der Waals surface area contributed by atoms with Crippen LogP contribution >= 0.6 is 0 Å². The minimum absolute atomic E-state index is 0.691. The van der Waals surface area contributed by atoms with Crippen LogP contribution in [0.2, 0.25) is 0 Å². The Kier molecular flexibility index (Phi) is 4.60. The average Bonchev–Trinajstić information content (AvgIpc) is 2.42. The highest BCUT2D eigenvalue weighted by molar-refractivity contribution is 5.41. The molecule has 0 bridgehead atoms. The number of hydrogen-bond donors (Lipinski definition) is 0. The lowest BCUT2D eigenvalue weighted by Crippen LogP contribution is -2.33. The van der Waals surface area contributed by atoms with Gasteiger partial charge in [-0.05, 0) is 56.6 Å². The Bertz CT molecular complexity index is 431. The molecular weight excluding hydrogens is 224 g/mol. The van der Waals surface area contributed by atoms with E-state index in [1.807, 2.05) is 25.1 Å². The van der Waals surface area contributed by atoms with Crippen molar-refractivity contribution in [3.63, 3.8) is 0 Å². The number of likely N-dealkylation sites (tertiary alicyclic amines) is 1. The molecule has 0 saturated carbocycles. The van der Waals surface area contributed by atoms with Crippen LogP contribution in [0.15, 0.2) is 18.2 Å². The van der Waals surface area contributed by atoms with E-state index in [4.69, 9.17) is 10.00 Å². The van der Waals surface area contributed by atoms with Gasteiger partial charge in [-0.2, -0.15) is 5.26 Å². The van der Waals surface area contributed by atoms with Gasteiger partial charge >= 0.3 is 0 Å². The summed E-state index contributed by atoms with van der Waals surface area (Å²) in [7, 11) is 0. The summed E-state index contributed by atoms with van der Waals surface area (Å²) < 4.78 is 5.79. The molecule has 0 radical (unpaired) electrons. The van der Waals surface area contributed by atoms with Crippen molar-refractivity contribution in [2.75, 3.05) is 26.2 Å². The summed E-state index contributed by atoms with van der Waals surface area (Å²) in [6, 6.07) is 7.71. The molecule has 2 rings (SSSR count). The second-order valence-electron chi connectivity index (χ2n) is 4.84. The topological polar surface area (TPSA) is 36.3 Å². The molecule has 0 atom stereocenters. The Hall–Kier alpha value is -1.53. The monoisotopic (exact) mass is 244 g/mol. The smallest absolute Gasteiger partial charge is 0.122 e. The summed E-state index contributed by atoms with van der Waals surface area (Å²) in [5.41, 5.74) is 1.73. The fourth-order valence-electron chi connectivity index (χ4n) is 2.35. The van der Waals surface area contributed by atoms with E-state index in [-0.39, 0.29) is 0 Å². The Morgan fingerprint density at radius 1 is 1.28 bits per heavy atom. The summed E-state index contributed by atoms with van der Waals surface area (Å²) in [6.45, 7) is 6.12. The largest absolute Gasteiger partial charge is 0.492 e. The van der Waals surface area contributed by atoms with Gasteiger partial charge in [0.05, 0.1) is 11.6 Å². The van der Waals surface area contributed by atoms with E-state index in [1.165, 1.54) is 32.4 Å². The van der Waals surface area contributed by atoms with E-state index in [0.29, 0.717) is 5.56 Å². The van der Waals surface area contributed by atoms with Crippen LogP contribution < -0.4 is 4.74 Å². The van der Waals surface area contributed by atoms with Gasteiger partial charge in [0.15, 0.2) is 0 Å². The maximum atomic E-state index is 8.80. The molecule has 3 heteroatoms. The fourth-order valence-corrected chi connectivity index (χ4v) is 2.35. The lowest BCUT2D eigenvalue weighted by atomic mass is 10.1. The van der Waals surface area contributed by atoms with Crippen molar-refractivity contribution in [3.05, 3.63) is 29.3 Å². The lowest BCUT2D eigenvalue weighted by molar-refractivity contribution is 0.183. The number of nitriles is 1. The average molecular weight is 244 g/mol. The van der Waals surface area contributed by atoms with Crippen LogP contribution in [0.25, 0.3) is 0 Å². The molecule has 96 valence electrons. The first kappa shape index (κ1) is 12.9. The van der Waals surface area contributed by atoms with Crippen LogP contribution in [0.3, 0.4) is 0 Å². The van der Waals surface area contributed by atoms with E-state index >= 15 is 0 Å². The summed E-state index contributed by atoms with van der Waals surface area (Å²) in [6.07, 6.45) is 4.00. The SMILES string of the molecule is Cc1cc(C#N)ccc1OCCN1CCCCC1. The third-order valence-corrected chi connectivity index (χ3v) is 3.42. The zero-order valence-electron chi connectivity index (χ0n) is 11.0. The van der Waals surface area contributed by atoms with Crippen molar-refractivity contribution in [1.29, 1.82) is 5.26 Å². The van der Waals surface area contributed by atoms with Gasteiger partial charge in [0.25, 0.3) is 0 Å². The first-order valence-electron chi connectivity index (χ1n) is 6.65. The van der Waals surface area contributed by atoms with E-state index in [2.05, 4.69) is 11.0 Å². The van der Waals surface area contributed by atoms with E-state index in [1.54, 1.807) is 0 Å². The number of nitrogens with zero attached hydrogens (tertiary/aromatic N) is 2. The molecule has 0 aromatic heterocycles.